The minimum Gasteiger partial charge on any atom is -0.480 e. The predicted molar refractivity (Wildman–Crippen MR) is 70.8 cm³/mol. The average Bonchev–Trinajstić information content (AvgIpc) is 2.43. The molecule has 6 heteroatoms. The molecule has 1 heterocycles. The molecule has 0 radical (unpaired) electrons. The van der Waals surface area contributed by atoms with E-state index in [4.69, 9.17) is 5.11 Å². The number of nitrogens with zero attached hydrogens (tertiary/aromatic N) is 1. The van der Waals surface area contributed by atoms with Gasteiger partial charge in [0.2, 0.25) is 0 Å². The highest BCUT2D eigenvalue weighted by atomic mass is 16.4. The van der Waals surface area contributed by atoms with Crippen molar-refractivity contribution in [3.63, 3.8) is 0 Å². The SMILES string of the molecule is CCC(C)C(NC(=O)N1CCCCC1CO)C(=O)O. The molecular weight excluding hydrogens is 248 g/mol. The highest BCUT2D eigenvalue weighted by Crippen LogP contribution is 2.17. The Morgan fingerprint density at radius 1 is 1.42 bits per heavy atom. The van der Waals surface area contributed by atoms with Crippen LogP contribution in [0.5, 0.6) is 0 Å². The lowest BCUT2D eigenvalue weighted by Crippen LogP contribution is -2.55. The Hall–Kier alpha value is -1.30. The van der Waals surface area contributed by atoms with E-state index in [9.17, 15) is 14.7 Å². The average molecular weight is 272 g/mol. The lowest BCUT2D eigenvalue weighted by Gasteiger charge is -2.35. The van der Waals surface area contributed by atoms with E-state index in [-0.39, 0.29) is 24.6 Å². The maximum atomic E-state index is 12.1. The van der Waals surface area contributed by atoms with Crippen molar-refractivity contribution in [2.75, 3.05) is 13.2 Å². The molecule has 2 amide bonds. The number of rotatable bonds is 5. The summed E-state index contributed by atoms with van der Waals surface area (Å²) in [5, 5.41) is 21.0. The summed E-state index contributed by atoms with van der Waals surface area (Å²) < 4.78 is 0. The van der Waals surface area contributed by atoms with Gasteiger partial charge in [-0.05, 0) is 25.2 Å². The molecule has 3 N–H and O–H groups in total. The monoisotopic (exact) mass is 272 g/mol. The van der Waals surface area contributed by atoms with Gasteiger partial charge in [0.25, 0.3) is 0 Å². The van der Waals surface area contributed by atoms with Crippen LogP contribution in [0.2, 0.25) is 0 Å². The topological polar surface area (TPSA) is 89.9 Å². The smallest absolute Gasteiger partial charge is 0.326 e. The zero-order valence-electron chi connectivity index (χ0n) is 11.6. The van der Waals surface area contributed by atoms with E-state index < -0.39 is 12.0 Å². The standard InChI is InChI=1S/C13H24N2O4/c1-3-9(2)11(12(17)18)14-13(19)15-7-5-4-6-10(15)8-16/h9-11,16H,3-8H2,1-2H3,(H,14,19)(H,17,18). The van der Waals surface area contributed by atoms with Crippen LogP contribution in [-0.4, -0.2) is 52.3 Å². The van der Waals surface area contributed by atoms with Crippen LogP contribution in [0.25, 0.3) is 0 Å². The molecule has 0 aliphatic carbocycles. The third-order valence-corrected chi connectivity index (χ3v) is 3.86. The number of nitrogens with one attached hydrogen (secondary N) is 1. The van der Waals surface area contributed by atoms with Crippen LogP contribution in [0.3, 0.4) is 0 Å². The molecule has 0 bridgehead atoms. The predicted octanol–water partition coefficient (Wildman–Crippen LogP) is 1.04. The van der Waals surface area contributed by atoms with E-state index in [2.05, 4.69) is 5.32 Å². The molecule has 1 rings (SSSR count). The number of carboxylic acids is 1. The van der Waals surface area contributed by atoms with Crippen LogP contribution in [0.15, 0.2) is 0 Å². The van der Waals surface area contributed by atoms with E-state index in [0.29, 0.717) is 13.0 Å². The molecule has 0 spiro atoms. The molecule has 1 aliphatic heterocycles. The quantitative estimate of drug-likeness (QED) is 0.697. The van der Waals surface area contributed by atoms with Crippen molar-refractivity contribution in [3.05, 3.63) is 0 Å². The number of aliphatic carboxylic acids is 1. The third-order valence-electron chi connectivity index (χ3n) is 3.86. The number of carboxylic acid groups (broad SMARTS) is 1. The van der Waals surface area contributed by atoms with Gasteiger partial charge in [-0.25, -0.2) is 9.59 Å². The van der Waals surface area contributed by atoms with Gasteiger partial charge in [0.1, 0.15) is 6.04 Å². The third kappa shape index (κ3) is 4.09. The number of hydrogen-bond donors (Lipinski definition) is 3. The summed E-state index contributed by atoms with van der Waals surface area (Å²) in [7, 11) is 0. The molecule has 0 aromatic rings. The molecule has 110 valence electrons. The van der Waals surface area contributed by atoms with Crippen molar-refractivity contribution in [3.8, 4) is 0 Å². The second-order valence-corrected chi connectivity index (χ2v) is 5.18. The molecule has 1 aliphatic rings. The van der Waals surface area contributed by atoms with Crippen molar-refractivity contribution in [2.45, 2.75) is 51.6 Å². The fourth-order valence-corrected chi connectivity index (χ4v) is 2.36. The van der Waals surface area contributed by atoms with Crippen LogP contribution >= 0.6 is 0 Å². The maximum Gasteiger partial charge on any atom is 0.326 e. The number of urea groups is 1. The Bertz CT molecular complexity index is 322. The molecule has 0 aromatic carbocycles. The number of amides is 2. The number of carbonyl (C=O) groups excluding carboxylic acids is 1. The molecule has 6 nitrogen and oxygen atoms in total. The highest BCUT2D eigenvalue weighted by Gasteiger charge is 2.31. The number of aliphatic hydroxyl groups is 1. The van der Waals surface area contributed by atoms with E-state index in [1.807, 2.05) is 6.92 Å². The second-order valence-electron chi connectivity index (χ2n) is 5.18. The van der Waals surface area contributed by atoms with Gasteiger partial charge < -0.3 is 20.4 Å². The van der Waals surface area contributed by atoms with Gasteiger partial charge >= 0.3 is 12.0 Å². The molecule has 0 aromatic heterocycles. The van der Waals surface area contributed by atoms with Gasteiger partial charge in [0, 0.05) is 6.54 Å². The zero-order chi connectivity index (χ0) is 14.4. The van der Waals surface area contributed by atoms with Crippen molar-refractivity contribution < 1.29 is 19.8 Å². The minimum absolute atomic E-state index is 0.0749. The summed E-state index contributed by atoms with van der Waals surface area (Å²) in [6.07, 6.45) is 3.33. The molecule has 0 saturated carbocycles. The van der Waals surface area contributed by atoms with Gasteiger partial charge in [0.15, 0.2) is 0 Å². The Morgan fingerprint density at radius 2 is 2.11 bits per heavy atom. The van der Waals surface area contributed by atoms with E-state index in [0.717, 1.165) is 19.3 Å². The van der Waals surface area contributed by atoms with Crippen LogP contribution in [0.4, 0.5) is 4.79 Å². The van der Waals surface area contributed by atoms with Crippen LogP contribution in [0.1, 0.15) is 39.5 Å². The second kappa shape index (κ2) is 7.33. The normalized spacial score (nSPS) is 22.7. The van der Waals surface area contributed by atoms with Crippen molar-refractivity contribution in [2.24, 2.45) is 5.92 Å². The fraction of sp³-hybridized carbons (Fsp3) is 0.846. The molecule has 3 unspecified atom stereocenters. The van der Waals surface area contributed by atoms with Crippen LogP contribution in [-0.2, 0) is 4.79 Å². The van der Waals surface area contributed by atoms with Crippen LogP contribution < -0.4 is 5.32 Å². The van der Waals surface area contributed by atoms with Gasteiger partial charge in [-0.3, -0.25) is 0 Å². The Balaban J connectivity index is 2.67. The Morgan fingerprint density at radius 3 is 2.63 bits per heavy atom. The summed E-state index contributed by atoms with van der Waals surface area (Å²) in [4.78, 5) is 24.9. The van der Waals surface area contributed by atoms with E-state index in [1.54, 1.807) is 11.8 Å². The molecule has 1 fully saturated rings. The van der Waals surface area contributed by atoms with Gasteiger partial charge in [-0.2, -0.15) is 0 Å². The van der Waals surface area contributed by atoms with Gasteiger partial charge in [-0.15, -0.1) is 0 Å². The Labute approximate surface area is 113 Å². The summed E-state index contributed by atoms with van der Waals surface area (Å²) in [6.45, 7) is 4.20. The fourth-order valence-electron chi connectivity index (χ4n) is 2.36. The Kier molecular flexibility index (Phi) is 6.08. The van der Waals surface area contributed by atoms with Crippen molar-refractivity contribution in [1.29, 1.82) is 0 Å². The minimum atomic E-state index is -1.01. The summed E-state index contributed by atoms with van der Waals surface area (Å²) in [5.41, 5.74) is 0. The van der Waals surface area contributed by atoms with Crippen LogP contribution in [0, 0.1) is 5.92 Å². The number of aliphatic hydroxyl groups excluding tert-OH is 1. The number of likely N-dealkylation sites (tertiary alicyclic amines) is 1. The van der Waals surface area contributed by atoms with E-state index in [1.165, 1.54) is 0 Å². The first-order valence-corrected chi connectivity index (χ1v) is 6.92. The van der Waals surface area contributed by atoms with E-state index >= 15 is 0 Å². The first-order valence-electron chi connectivity index (χ1n) is 6.92. The number of piperidine rings is 1. The summed E-state index contributed by atoms with van der Waals surface area (Å²) in [5.74, 6) is -1.14. The van der Waals surface area contributed by atoms with Gasteiger partial charge in [-0.1, -0.05) is 20.3 Å². The largest absolute Gasteiger partial charge is 0.480 e. The summed E-state index contributed by atoms with van der Waals surface area (Å²) in [6, 6.07) is -1.45. The zero-order valence-corrected chi connectivity index (χ0v) is 11.6. The molecular formula is C13H24N2O4. The van der Waals surface area contributed by atoms with Crippen molar-refractivity contribution >= 4 is 12.0 Å². The number of carbonyl (C=O) groups is 2. The molecule has 3 atom stereocenters. The van der Waals surface area contributed by atoms with Crippen molar-refractivity contribution in [1.82, 2.24) is 10.2 Å². The molecule has 1 saturated heterocycles. The first kappa shape index (κ1) is 15.8. The first-order chi connectivity index (χ1) is 9.01. The lowest BCUT2D eigenvalue weighted by molar-refractivity contribution is -0.140. The summed E-state index contributed by atoms with van der Waals surface area (Å²) >= 11 is 0. The maximum absolute atomic E-state index is 12.1. The van der Waals surface area contributed by atoms with Gasteiger partial charge in [0.05, 0.1) is 12.6 Å². The lowest BCUT2D eigenvalue weighted by atomic mass is 9.99. The molecule has 19 heavy (non-hydrogen) atoms. The highest BCUT2D eigenvalue weighted by molar-refractivity contribution is 5.83. The number of hydrogen-bond acceptors (Lipinski definition) is 3.